The van der Waals surface area contributed by atoms with E-state index in [1.165, 1.54) is 44.2 Å². The van der Waals surface area contributed by atoms with Crippen molar-refractivity contribution < 1.29 is 9.18 Å². The highest BCUT2D eigenvalue weighted by Crippen LogP contribution is 2.42. The normalized spacial score (nSPS) is 20.7. The van der Waals surface area contributed by atoms with Gasteiger partial charge in [0.1, 0.15) is 5.82 Å². The number of benzene rings is 3. The Labute approximate surface area is 257 Å². The van der Waals surface area contributed by atoms with Gasteiger partial charge in [0.25, 0.3) is 5.91 Å². The number of para-hydroxylation sites is 1. The van der Waals surface area contributed by atoms with Crippen molar-refractivity contribution in [2.45, 2.75) is 69.9 Å². The average molecular weight is 611 g/mol. The molecule has 1 saturated carbocycles. The minimum Gasteiger partial charge on any atom is -0.326 e. The molecule has 3 N–H and O–H groups in total. The maximum Gasteiger partial charge on any atom is 0.258 e. The van der Waals surface area contributed by atoms with E-state index in [4.69, 9.17) is 28.2 Å². The highest BCUT2D eigenvalue weighted by atomic mass is 35.5. The van der Waals surface area contributed by atoms with Crippen LogP contribution in [0.5, 0.6) is 0 Å². The van der Waals surface area contributed by atoms with Gasteiger partial charge in [-0.25, -0.2) is 14.8 Å². The Balaban J connectivity index is 1.60. The molecular formula is C33H38Cl2FN5O. The van der Waals surface area contributed by atoms with Crippen molar-refractivity contribution >= 4 is 46.4 Å². The van der Waals surface area contributed by atoms with Gasteiger partial charge < -0.3 is 5.32 Å². The van der Waals surface area contributed by atoms with E-state index in [-0.39, 0.29) is 22.8 Å². The molecule has 5 rings (SSSR count). The van der Waals surface area contributed by atoms with Gasteiger partial charge >= 0.3 is 0 Å². The maximum atomic E-state index is 14.4. The van der Waals surface area contributed by atoms with Crippen LogP contribution in [-0.2, 0) is 0 Å². The van der Waals surface area contributed by atoms with Gasteiger partial charge in [-0.2, -0.15) is 0 Å². The number of amides is 1. The van der Waals surface area contributed by atoms with Crippen molar-refractivity contribution in [3.63, 3.8) is 0 Å². The van der Waals surface area contributed by atoms with E-state index >= 15 is 0 Å². The summed E-state index contributed by atoms with van der Waals surface area (Å²) in [5.41, 5.74) is 4.69. The highest BCUT2D eigenvalue weighted by molar-refractivity contribution is 6.31. The number of guanidine groups is 1. The minimum absolute atomic E-state index is 0.224. The summed E-state index contributed by atoms with van der Waals surface area (Å²) in [7, 11) is 0. The van der Waals surface area contributed by atoms with Crippen LogP contribution in [0.15, 0.2) is 77.8 Å². The van der Waals surface area contributed by atoms with Crippen LogP contribution in [0.2, 0.25) is 10.0 Å². The Morgan fingerprint density at radius 1 is 0.881 bits per heavy atom. The van der Waals surface area contributed by atoms with Crippen LogP contribution in [-0.4, -0.2) is 24.1 Å². The van der Waals surface area contributed by atoms with Crippen molar-refractivity contribution in [2.24, 2.45) is 10.9 Å². The lowest BCUT2D eigenvalue weighted by Gasteiger charge is -2.43. The largest absolute Gasteiger partial charge is 0.326 e. The second-order valence-electron chi connectivity index (χ2n) is 11.2. The predicted molar refractivity (Wildman–Crippen MR) is 171 cm³/mol. The van der Waals surface area contributed by atoms with Gasteiger partial charge in [-0.05, 0) is 61.4 Å². The Morgan fingerprint density at radius 2 is 1.60 bits per heavy atom. The third-order valence-electron chi connectivity index (χ3n) is 8.17. The van der Waals surface area contributed by atoms with E-state index in [0.717, 1.165) is 44.3 Å². The van der Waals surface area contributed by atoms with Gasteiger partial charge in [-0.1, -0.05) is 92.4 Å². The fraction of sp³-hybridized carbons (Fsp3) is 0.394. The molecule has 1 heterocycles. The molecule has 1 atom stereocenters. The van der Waals surface area contributed by atoms with E-state index in [2.05, 4.69) is 33.2 Å². The summed E-state index contributed by atoms with van der Waals surface area (Å²) >= 11 is 12.4. The van der Waals surface area contributed by atoms with E-state index in [1.54, 1.807) is 30.3 Å². The monoisotopic (exact) mass is 609 g/mol. The van der Waals surface area contributed by atoms with Gasteiger partial charge in [0.2, 0.25) is 5.96 Å². The van der Waals surface area contributed by atoms with Crippen molar-refractivity contribution in [3.05, 3.63) is 94.2 Å². The molecule has 1 unspecified atom stereocenters. The highest BCUT2D eigenvalue weighted by Gasteiger charge is 2.48. The first kappa shape index (κ1) is 30.3. The summed E-state index contributed by atoms with van der Waals surface area (Å²) in [6.45, 7) is 0.732. The zero-order valence-electron chi connectivity index (χ0n) is 23.7. The van der Waals surface area contributed by atoms with E-state index in [1.807, 2.05) is 18.2 Å². The molecule has 0 bridgehead atoms. The predicted octanol–water partition coefficient (Wildman–Crippen LogP) is 8.58. The first-order chi connectivity index (χ1) is 20.4. The van der Waals surface area contributed by atoms with E-state index in [9.17, 15) is 9.18 Å². The lowest BCUT2D eigenvalue weighted by atomic mass is 9.81. The number of carbonyl (C=O) groups excluding carboxylic acids is 1. The first-order valence-corrected chi connectivity index (χ1v) is 15.7. The van der Waals surface area contributed by atoms with Crippen LogP contribution in [0, 0.1) is 11.7 Å². The van der Waals surface area contributed by atoms with Crippen molar-refractivity contribution in [1.82, 2.24) is 10.7 Å². The fourth-order valence-corrected chi connectivity index (χ4v) is 6.61. The molecule has 0 radical (unpaired) electrons. The molecular weight excluding hydrogens is 572 g/mol. The Morgan fingerprint density at radius 3 is 2.29 bits per heavy atom. The summed E-state index contributed by atoms with van der Waals surface area (Å²) in [4.78, 5) is 18.9. The summed E-state index contributed by atoms with van der Waals surface area (Å²) in [6.07, 6.45) is 11.3. The quantitative estimate of drug-likeness (QED) is 0.200. The van der Waals surface area contributed by atoms with Gasteiger partial charge in [0.15, 0.2) is 5.66 Å². The molecule has 0 aromatic heterocycles. The molecule has 0 spiro atoms. The second-order valence-corrected chi connectivity index (χ2v) is 12.0. The topological polar surface area (TPSA) is 68.8 Å². The lowest BCUT2D eigenvalue weighted by Crippen LogP contribution is -2.54. The van der Waals surface area contributed by atoms with Gasteiger partial charge in [0.05, 0.1) is 5.69 Å². The summed E-state index contributed by atoms with van der Waals surface area (Å²) in [5, 5.41) is 9.06. The Kier molecular flexibility index (Phi) is 10.4. The number of hydrogen-bond donors (Lipinski definition) is 3. The molecule has 1 aliphatic heterocycles. The van der Waals surface area contributed by atoms with Crippen LogP contribution < -0.4 is 21.1 Å². The van der Waals surface area contributed by atoms with Crippen LogP contribution >= 0.6 is 23.2 Å². The van der Waals surface area contributed by atoms with E-state index in [0.29, 0.717) is 16.3 Å². The number of aliphatic imine (C=N–C) groups is 1. The second kappa shape index (κ2) is 14.4. The number of rotatable bonds is 5. The number of hydrogen-bond acceptors (Lipinski definition) is 4. The molecule has 3 aromatic rings. The zero-order chi connectivity index (χ0) is 29.4. The van der Waals surface area contributed by atoms with Gasteiger partial charge in [0, 0.05) is 40.2 Å². The van der Waals surface area contributed by atoms with Crippen molar-refractivity contribution in [3.8, 4) is 0 Å². The van der Waals surface area contributed by atoms with Gasteiger partial charge in [-0.15, -0.1) is 0 Å². The smallest absolute Gasteiger partial charge is 0.258 e. The van der Waals surface area contributed by atoms with Crippen LogP contribution in [0.1, 0.15) is 74.6 Å². The molecule has 2 aliphatic rings. The van der Waals surface area contributed by atoms with Crippen molar-refractivity contribution in [2.75, 3.05) is 16.9 Å². The Bertz CT molecular complexity index is 1360. The number of nitrogens with zero attached hydrogens (tertiary/aromatic N) is 2. The average Bonchev–Trinajstić information content (AvgIpc) is 3.40. The maximum absolute atomic E-state index is 14.4. The van der Waals surface area contributed by atoms with Crippen LogP contribution in [0.25, 0.3) is 0 Å². The molecule has 9 heteroatoms. The molecule has 3 aromatic carbocycles. The van der Waals surface area contributed by atoms with Crippen molar-refractivity contribution in [1.29, 1.82) is 0 Å². The third kappa shape index (κ3) is 7.63. The molecule has 6 nitrogen and oxygen atoms in total. The lowest BCUT2D eigenvalue weighted by molar-refractivity contribution is 0.0976. The minimum atomic E-state index is -0.693. The number of carbonyl (C=O) groups is 1. The molecule has 1 aliphatic carbocycles. The number of nitrogens with one attached hydrogen (secondary N) is 3. The standard InChI is InChI=1S/C33H38Cl2FN5O/c34-26-15-11-12-24(20-26)31(42)39-32(38-29-22-27(35)21-28(36)23-29)40-33(25-13-7-4-2-1-3-5-8-14-25)18-19-37-41(33)30-16-9-6-10-17-30/h6,9-12,15-17,20-23,25,37H,1-5,7-8,13-14,18-19H2,(H2,38,39,40,42). The molecule has 1 saturated heterocycles. The molecule has 42 heavy (non-hydrogen) atoms. The first-order valence-electron chi connectivity index (χ1n) is 14.9. The SMILES string of the molecule is O=C(NC(=NC1(C2CCCCCCCCC2)CCNN1c1ccccc1)Nc1cc(F)cc(Cl)c1)c1cccc(Cl)c1. The summed E-state index contributed by atoms with van der Waals surface area (Å²) in [5.74, 6) is -0.407. The number of anilines is 2. The number of halogens is 3. The third-order valence-corrected chi connectivity index (χ3v) is 8.63. The zero-order valence-corrected chi connectivity index (χ0v) is 25.2. The Hall–Kier alpha value is -3.13. The van der Waals surface area contributed by atoms with Gasteiger partial charge in [-0.3, -0.25) is 15.1 Å². The summed E-state index contributed by atoms with van der Waals surface area (Å²) < 4.78 is 14.4. The molecule has 2 fully saturated rings. The van der Waals surface area contributed by atoms with Crippen LogP contribution in [0.4, 0.5) is 15.8 Å². The van der Waals surface area contributed by atoms with Crippen LogP contribution in [0.3, 0.4) is 0 Å². The molecule has 1 amide bonds. The van der Waals surface area contributed by atoms with E-state index < -0.39 is 11.5 Å². The summed E-state index contributed by atoms with van der Waals surface area (Å²) in [6, 6.07) is 21.1. The number of hydrazine groups is 1. The molecule has 222 valence electrons. The fourth-order valence-electron chi connectivity index (χ4n) is 6.20.